The number of carboxylic acids is 1. The van der Waals surface area contributed by atoms with Gasteiger partial charge in [-0.3, -0.25) is 5.32 Å². The van der Waals surface area contributed by atoms with Crippen molar-refractivity contribution in [1.82, 2.24) is 9.88 Å². The van der Waals surface area contributed by atoms with Gasteiger partial charge in [0.15, 0.2) is 0 Å². The monoisotopic (exact) mass is 301 g/mol. The van der Waals surface area contributed by atoms with Crippen molar-refractivity contribution in [2.45, 2.75) is 25.2 Å². The summed E-state index contributed by atoms with van der Waals surface area (Å²) in [6.07, 6.45) is 5.42. The Kier molecular flexibility index (Phi) is 7.11. The molecule has 6 nitrogen and oxygen atoms in total. The first-order valence-electron chi connectivity index (χ1n) is 6.24. The van der Waals surface area contributed by atoms with Gasteiger partial charge < -0.3 is 14.8 Å². The number of nitrogens with zero attached hydrogens (tertiary/aromatic N) is 2. The van der Waals surface area contributed by atoms with Crippen LogP contribution >= 0.6 is 0 Å². The summed E-state index contributed by atoms with van der Waals surface area (Å²) < 4.78 is 0. The van der Waals surface area contributed by atoms with Gasteiger partial charge in [-0.15, -0.1) is 0 Å². The molecule has 0 atom stereocenters. The van der Waals surface area contributed by atoms with Gasteiger partial charge in [0, 0.05) is 13.2 Å². The van der Waals surface area contributed by atoms with Crippen molar-refractivity contribution in [3.63, 3.8) is 0 Å². The van der Waals surface area contributed by atoms with E-state index < -0.39 is 18.5 Å². The summed E-state index contributed by atoms with van der Waals surface area (Å²) in [5.41, 5.74) is 1.19. The summed E-state index contributed by atoms with van der Waals surface area (Å²) >= 11 is 0. The van der Waals surface area contributed by atoms with Gasteiger partial charge in [-0.25, -0.2) is 9.78 Å². The maximum absolute atomic E-state index is 11.6. The molecule has 0 aliphatic heterocycles. The molecule has 7 heteroatoms. The number of likely N-dealkylation sites (N-methyl/N-ethyl adjacent to an activating group) is 1. The third-order valence-electron chi connectivity index (χ3n) is 3.31. The summed E-state index contributed by atoms with van der Waals surface area (Å²) in [5, 5.41) is 12.9. The molecule has 2 amide bonds. The normalized spacial score (nSPS) is 13.8. The number of carbonyl (C=O) groups excluding carboxylic acids is 2. The first-order valence-corrected chi connectivity index (χ1v) is 6.24. The molecule has 1 heterocycles. The fourth-order valence-electron chi connectivity index (χ4n) is 1.93. The van der Waals surface area contributed by atoms with Crippen LogP contribution in [-0.2, 0) is 4.79 Å². The zero-order valence-corrected chi connectivity index (χ0v) is 14.9. The van der Waals surface area contributed by atoms with Crippen LogP contribution in [0.1, 0.15) is 30.7 Å². The predicted molar refractivity (Wildman–Crippen MR) is 67.5 cm³/mol. The molecule has 0 saturated heterocycles. The number of carboxylic acid groups (broad SMARTS) is 1. The molecule has 0 aromatic carbocycles. The summed E-state index contributed by atoms with van der Waals surface area (Å²) in [6.45, 7) is -0.452. The Labute approximate surface area is 160 Å². The number of anilines is 1. The second-order valence-corrected chi connectivity index (χ2v) is 4.76. The van der Waals surface area contributed by atoms with Gasteiger partial charge >= 0.3 is 57.4 Å². The largest absolute Gasteiger partial charge is 1.00 e. The Morgan fingerprint density at radius 1 is 1.45 bits per heavy atom. The van der Waals surface area contributed by atoms with Crippen molar-refractivity contribution < 1.29 is 66.1 Å². The van der Waals surface area contributed by atoms with Crippen LogP contribution < -0.4 is 61.8 Å². The van der Waals surface area contributed by atoms with Crippen molar-refractivity contribution in [1.29, 1.82) is 0 Å². The van der Waals surface area contributed by atoms with Gasteiger partial charge in [-0.2, -0.15) is 0 Å². The van der Waals surface area contributed by atoms with Gasteiger partial charge in [0.05, 0.1) is 12.5 Å². The standard InChI is InChI=1S/C13H17N3O3.K/c1-16(8-12(17)18)13(19)15-11-6-5-10(7-14-11)9-3-2-4-9;/h5-7,9H,2-4,8H2,1H3,(H,17,18)(H,14,15,19);/q;+1/p-1. The molecule has 1 aromatic heterocycles. The Bertz CT molecular complexity index is 474. The number of hydrogen-bond acceptors (Lipinski definition) is 4. The predicted octanol–water partition coefficient (Wildman–Crippen LogP) is -2.43. The Morgan fingerprint density at radius 2 is 2.15 bits per heavy atom. The van der Waals surface area contributed by atoms with Gasteiger partial charge in [-0.05, 0) is 30.4 Å². The Hall–Kier alpha value is -0.474. The number of rotatable bonds is 4. The molecular weight excluding hydrogens is 285 g/mol. The van der Waals surface area contributed by atoms with Crippen LogP contribution in [0.2, 0.25) is 0 Å². The molecule has 20 heavy (non-hydrogen) atoms. The van der Waals surface area contributed by atoms with E-state index in [0.717, 1.165) is 4.90 Å². The number of hydrogen-bond donors (Lipinski definition) is 1. The molecule has 0 spiro atoms. The fourth-order valence-corrected chi connectivity index (χ4v) is 1.93. The van der Waals surface area contributed by atoms with Gasteiger partial charge in [0.25, 0.3) is 0 Å². The van der Waals surface area contributed by atoms with E-state index in [0.29, 0.717) is 11.7 Å². The second kappa shape index (κ2) is 8.09. The number of aliphatic carboxylic acids is 1. The molecule has 1 aliphatic rings. The minimum atomic E-state index is -1.30. The third-order valence-corrected chi connectivity index (χ3v) is 3.31. The van der Waals surface area contributed by atoms with E-state index in [4.69, 9.17) is 0 Å². The van der Waals surface area contributed by atoms with Crippen molar-refractivity contribution in [2.24, 2.45) is 0 Å². The number of pyridine rings is 1. The molecule has 1 fully saturated rings. The molecule has 1 aliphatic carbocycles. The quantitative estimate of drug-likeness (QED) is 0.627. The fraction of sp³-hybridized carbons (Fsp3) is 0.462. The zero-order valence-electron chi connectivity index (χ0n) is 11.8. The van der Waals surface area contributed by atoms with E-state index in [1.165, 1.54) is 31.9 Å². The summed E-state index contributed by atoms with van der Waals surface area (Å²) in [4.78, 5) is 27.2. The Morgan fingerprint density at radius 3 is 2.60 bits per heavy atom. The van der Waals surface area contributed by atoms with Crippen LogP contribution in [0.4, 0.5) is 10.6 Å². The SMILES string of the molecule is CN(CC(=O)[O-])C(=O)Nc1ccc(C2CCC2)cn1.[K+]. The topological polar surface area (TPSA) is 85.4 Å². The minimum Gasteiger partial charge on any atom is -0.548 e. The van der Waals surface area contributed by atoms with Crippen molar-refractivity contribution in [3.05, 3.63) is 23.9 Å². The van der Waals surface area contributed by atoms with Crippen LogP contribution in [-0.4, -0.2) is 35.5 Å². The van der Waals surface area contributed by atoms with Crippen LogP contribution in [0.15, 0.2) is 18.3 Å². The molecule has 0 radical (unpaired) electrons. The molecule has 2 rings (SSSR count). The van der Waals surface area contributed by atoms with Crippen LogP contribution in [0, 0.1) is 0 Å². The van der Waals surface area contributed by atoms with Crippen LogP contribution in [0.25, 0.3) is 0 Å². The van der Waals surface area contributed by atoms with Crippen molar-refractivity contribution >= 4 is 17.8 Å². The van der Waals surface area contributed by atoms with Gasteiger partial charge in [-0.1, -0.05) is 12.5 Å². The third kappa shape index (κ3) is 4.82. The molecule has 1 aromatic rings. The molecule has 102 valence electrons. The first-order chi connectivity index (χ1) is 9.06. The maximum atomic E-state index is 11.6. The first kappa shape index (κ1) is 17.6. The maximum Gasteiger partial charge on any atom is 1.00 e. The number of urea groups is 1. The molecule has 0 bridgehead atoms. The number of amides is 2. The van der Waals surface area contributed by atoms with Gasteiger partial charge in [0.2, 0.25) is 0 Å². The molecule has 1 saturated carbocycles. The summed E-state index contributed by atoms with van der Waals surface area (Å²) in [5.74, 6) is -0.290. The second-order valence-electron chi connectivity index (χ2n) is 4.76. The van der Waals surface area contributed by atoms with Crippen LogP contribution in [0.5, 0.6) is 0 Å². The molecule has 1 N–H and O–H groups in total. The van der Waals surface area contributed by atoms with Gasteiger partial charge in [0.1, 0.15) is 5.82 Å². The minimum absolute atomic E-state index is 0. The molecule has 0 unspecified atom stereocenters. The van der Waals surface area contributed by atoms with E-state index in [9.17, 15) is 14.7 Å². The average molecular weight is 301 g/mol. The molecular formula is C13H16KN3O3. The summed E-state index contributed by atoms with van der Waals surface area (Å²) in [6, 6.07) is 3.16. The van der Waals surface area contributed by atoms with Crippen molar-refractivity contribution in [2.75, 3.05) is 18.9 Å². The Balaban J connectivity index is 0.00000200. The van der Waals surface area contributed by atoms with E-state index in [1.54, 1.807) is 12.3 Å². The number of aromatic nitrogens is 1. The van der Waals surface area contributed by atoms with E-state index in [1.807, 2.05) is 6.07 Å². The van der Waals surface area contributed by atoms with E-state index >= 15 is 0 Å². The average Bonchev–Trinajstić information content (AvgIpc) is 2.28. The number of carbonyl (C=O) groups is 2. The van der Waals surface area contributed by atoms with Crippen LogP contribution in [0.3, 0.4) is 0 Å². The summed E-state index contributed by atoms with van der Waals surface area (Å²) in [7, 11) is 1.38. The van der Waals surface area contributed by atoms with E-state index in [2.05, 4.69) is 10.3 Å². The number of nitrogens with one attached hydrogen (secondary N) is 1. The van der Waals surface area contributed by atoms with Crippen molar-refractivity contribution in [3.8, 4) is 0 Å². The zero-order chi connectivity index (χ0) is 13.8. The smallest absolute Gasteiger partial charge is 0.548 e. The van der Waals surface area contributed by atoms with E-state index in [-0.39, 0.29) is 51.4 Å².